The van der Waals surface area contributed by atoms with Crippen molar-refractivity contribution in [2.75, 3.05) is 5.32 Å². The number of carbonyl (C=O) groups excluding carboxylic acids is 1. The number of anilines is 1. The summed E-state index contributed by atoms with van der Waals surface area (Å²) in [5.41, 5.74) is 11.0. The average Bonchev–Trinajstić information content (AvgIpc) is 3.35. The monoisotopic (exact) mass is 388 g/mol. The highest BCUT2D eigenvalue weighted by molar-refractivity contribution is 7.97. The van der Waals surface area contributed by atoms with Crippen molar-refractivity contribution in [3.8, 4) is 0 Å². The second-order valence-corrected chi connectivity index (χ2v) is 8.08. The Kier molecular flexibility index (Phi) is 6.06. The molecule has 5 N–H and O–H groups in total. The molecule has 2 heterocycles. The molecular formula is C19H28N6OS. The van der Waals surface area contributed by atoms with Crippen molar-refractivity contribution in [2.45, 2.75) is 69.9 Å². The maximum atomic E-state index is 11.1. The van der Waals surface area contributed by atoms with Crippen molar-refractivity contribution in [1.29, 1.82) is 0 Å². The van der Waals surface area contributed by atoms with Crippen LogP contribution in [-0.4, -0.2) is 20.6 Å². The zero-order valence-corrected chi connectivity index (χ0v) is 17.0. The zero-order valence-electron chi connectivity index (χ0n) is 16.2. The second kappa shape index (κ2) is 8.31. The molecule has 8 heteroatoms. The fourth-order valence-electron chi connectivity index (χ4n) is 3.74. The van der Waals surface area contributed by atoms with Crippen LogP contribution in [0.1, 0.15) is 68.1 Å². The van der Waals surface area contributed by atoms with Crippen LogP contribution in [0.5, 0.6) is 0 Å². The van der Waals surface area contributed by atoms with Gasteiger partial charge >= 0.3 is 6.03 Å². The van der Waals surface area contributed by atoms with Gasteiger partial charge in [-0.1, -0.05) is 6.92 Å². The van der Waals surface area contributed by atoms with Gasteiger partial charge in [0.2, 0.25) is 0 Å². The Morgan fingerprint density at radius 3 is 2.70 bits per heavy atom. The number of rotatable bonds is 3. The number of amides is 2. The average molecular weight is 389 g/mol. The molecule has 0 aromatic carbocycles. The molecule has 4 rings (SSSR count). The molecule has 2 aliphatic rings. The molecule has 0 bridgehead atoms. The van der Waals surface area contributed by atoms with Crippen LogP contribution in [-0.2, 0) is 19.3 Å². The first-order chi connectivity index (χ1) is 12.9. The molecule has 1 unspecified atom stereocenters. The largest absolute Gasteiger partial charge is 0.351 e. The van der Waals surface area contributed by atoms with E-state index in [0.717, 1.165) is 42.8 Å². The van der Waals surface area contributed by atoms with Crippen molar-refractivity contribution in [2.24, 2.45) is 10.9 Å². The van der Waals surface area contributed by atoms with Crippen molar-refractivity contribution in [3.05, 3.63) is 35.0 Å². The lowest BCUT2D eigenvalue weighted by atomic mass is 10.0. The smallest absolute Gasteiger partial charge is 0.316 e. The lowest BCUT2D eigenvalue weighted by Gasteiger charge is -2.14. The number of nitrogens with two attached hydrogens (primary N) is 2. The predicted molar refractivity (Wildman–Crippen MR) is 109 cm³/mol. The van der Waals surface area contributed by atoms with Crippen molar-refractivity contribution in [3.63, 3.8) is 0 Å². The van der Waals surface area contributed by atoms with E-state index >= 15 is 0 Å². The number of imidazole rings is 1. The molecule has 7 nitrogen and oxygen atoms in total. The van der Waals surface area contributed by atoms with E-state index in [9.17, 15) is 4.79 Å². The van der Waals surface area contributed by atoms with Crippen LogP contribution < -0.4 is 16.2 Å². The number of carbonyl (C=O) groups is 1. The number of aryl methyl sites for hydroxylation is 1. The summed E-state index contributed by atoms with van der Waals surface area (Å²) in [5, 5.41) is 9.00. The number of pyridine rings is 1. The van der Waals surface area contributed by atoms with Gasteiger partial charge in [-0.05, 0) is 74.9 Å². The molecule has 0 saturated heterocycles. The number of hydrogen-bond donors (Lipinski definition) is 3. The highest BCUT2D eigenvalue weighted by atomic mass is 32.2. The van der Waals surface area contributed by atoms with Gasteiger partial charge in [-0.3, -0.25) is 10.1 Å². The zero-order chi connectivity index (χ0) is 19.6. The summed E-state index contributed by atoms with van der Waals surface area (Å²) >= 11 is 1.18. The number of urea groups is 1. The molecule has 0 fully saturated rings. The van der Waals surface area contributed by atoms with E-state index in [-0.39, 0.29) is 0 Å². The highest BCUT2D eigenvalue weighted by Crippen LogP contribution is 2.40. The molecule has 1 atom stereocenters. The Morgan fingerprint density at radius 1 is 1.33 bits per heavy atom. The van der Waals surface area contributed by atoms with Crippen LogP contribution >= 0.6 is 11.9 Å². The van der Waals surface area contributed by atoms with E-state index in [0.29, 0.717) is 12.0 Å². The van der Waals surface area contributed by atoms with E-state index in [2.05, 4.69) is 31.1 Å². The van der Waals surface area contributed by atoms with Crippen LogP contribution in [0.3, 0.4) is 0 Å². The summed E-state index contributed by atoms with van der Waals surface area (Å²) in [6, 6.07) is 0.000420. The molecule has 2 aliphatic carbocycles. The van der Waals surface area contributed by atoms with E-state index in [1.54, 1.807) is 6.33 Å². The first-order valence-electron chi connectivity index (χ1n) is 9.41. The maximum Gasteiger partial charge on any atom is 0.316 e. The van der Waals surface area contributed by atoms with Gasteiger partial charge in [0, 0.05) is 23.6 Å². The number of nitrogens with zero attached hydrogens (tertiary/aromatic N) is 3. The van der Waals surface area contributed by atoms with Gasteiger partial charge in [-0.2, -0.15) is 0 Å². The highest BCUT2D eigenvalue weighted by Gasteiger charge is 2.29. The maximum absolute atomic E-state index is 11.1. The molecular weight excluding hydrogens is 360 g/mol. The molecule has 146 valence electrons. The molecule has 0 radical (unpaired) electrons. The first kappa shape index (κ1) is 19.7. The van der Waals surface area contributed by atoms with E-state index in [1.165, 1.54) is 34.5 Å². The van der Waals surface area contributed by atoms with Crippen LogP contribution in [0.2, 0.25) is 0 Å². The standard InChI is InChI=1S/C13H17N3O.C6H11N3S/c1-7-5-6-9-11(7)15-10-4-2-3-8(10)12(9)16-13(14)17;1-5(2)9-3-6(10-7)8-4-9/h7H,2-6H2,1H3,(H3,14,15,16,17);3-5H,7H2,1-2H3. The lowest BCUT2D eigenvalue weighted by Crippen LogP contribution is -2.21. The fourth-order valence-corrected chi connectivity index (χ4v) is 4.03. The SMILES string of the molecule is CC(C)n1cnc(SN)c1.CC1CCc2c1nc1c(c2NC(N)=O)CCC1. The summed E-state index contributed by atoms with van der Waals surface area (Å²) in [7, 11) is 0. The van der Waals surface area contributed by atoms with Crippen molar-refractivity contribution >= 4 is 23.7 Å². The minimum atomic E-state index is -0.466. The minimum absolute atomic E-state index is 0.466. The number of hydrogen-bond acceptors (Lipinski definition) is 5. The van der Waals surface area contributed by atoms with Crippen molar-refractivity contribution < 1.29 is 4.79 Å². The third-order valence-corrected chi connectivity index (χ3v) is 5.65. The van der Waals surface area contributed by atoms with Gasteiger partial charge in [0.1, 0.15) is 5.03 Å². The summed E-state index contributed by atoms with van der Waals surface area (Å²) in [5.74, 6) is 0.504. The van der Waals surface area contributed by atoms with Crippen LogP contribution in [0.25, 0.3) is 0 Å². The third kappa shape index (κ3) is 4.27. The van der Waals surface area contributed by atoms with Crippen LogP contribution in [0.4, 0.5) is 10.5 Å². The van der Waals surface area contributed by atoms with Gasteiger partial charge in [-0.15, -0.1) is 0 Å². The Hall–Kier alpha value is -2.06. The van der Waals surface area contributed by atoms with Gasteiger partial charge in [0.15, 0.2) is 0 Å². The molecule has 2 aromatic heterocycles. The predicted octanol–water partition coefficient (Wildman–Crippen LogP) is 3.54. The van der Waals surface area contributed by atoms with E-state index in [4.69, 9.17) is 15.9 Å². The normalized spacial score (nSPS) is 17.3. The summed E-state index contributed by atoms with van der Waals surface area (Å²) < 4.78 is 2.02. The van der Waals surface area contributed by atoms with Gasteiger partial charge in [0.05, 0.1) is 12.0 Å². The molecule has 27 heavy (non-hydrogen) atoms. The van der Waals surface area contributed by atoms with Crippen molar-refractivity contribution in [1.82, 2.24) is 14.5 Å². The minimum Gasteiger partial charge on any atom is -0.351 e. The van der Waals surface area contributed by atoms with Gasteiger partial charge in [-0.25, -0.2) is 9.78 Å². The van der Waals surface area contributed by atoms with Crippen LogP contribution in [0, 0.1) is 0 Å². The number of nitrogens with one attached hydrogen (secondary N) is 1. The van der Waals surface area contributed by atoms with Gasteiger partial charge in [0.25, 0.3) is 0 Å². The van der Waals surface area contributed by atoms with E-state index in [1.807, 2.05) is 10.8 Å². The fraction of sp³-hybridized carbons (Fsp3) is 0.526. The molecule has 2 aromatic rings. The molecule has 0 aliphatic heterocycles. The van der Waals surface area contributed by atoms with Crippen LogP contribution in [0.15, 0.2) is 17.6 Å². The topological polar surface area (TPSA) is 112 Å². The Morgan fingerprint density at radius 2 is 2.11 bits per heavy atom. The summed E-state index contributed by atoms with van der Waals surface area (Å²) in [6.07, 6.45) is 9.04. The Bertz CT molecular complexity index is 832. The molecule has 2 amide bonds. The quantitative estimate of drug-likeness (QED) is 0.696. The Labute approximate surface area is 164 Å². The number of fused-ring (bicyclic) bond motifs is 2. The lowest BCUT2D eigenvalue weighted by molar-refractivity contribution is 0.259. The second-order valence-electron chi connectivity index (χ2n) is 7.43. The van der Waals surface area contributed by atoms with Gasteiger partial charge < -0.3 is 15.6 Å². The number of primary amides is 1. The number of aromatic nitrogens is 3. The molecule has 0 spiro atoms. The summed E-state index contributed by atoms with van der Waals surface area (Å²) in [4.78, 5) is 20.0. The summed E-state index contributed by atoms with van der Waals surface area (Å²) in [6.45, 7) is 6.41. The van der Waals surface area contributed by atoms with E-state index < -0.39 is 6.03 Å². The first-order valence-corrected chi connectivity index (χ1v) is 10.3. The molecule has 0 saturated carbocycles. The Balaban J connectivity index is 0.000000180. The third-order valence-electron chi connectivity index (χ3n) is 5.19.